The van der Waals surface area contributed by atoms with E-state index in [2.05, 4.69) is 15.9 Å². The van der Waals surface area contributed by atoms with Crippen molar-refractivity contribution >= 4 is 32.8 Å². The molecule has 2 aromatic rings. The van der Waals surface area contributed by atoms with Gasteiger partial charge in [-0.25, -0.2) is 4.79 Å². The summed E-state index contributed by atoms with van der Waals surface area (Å²) < 4.78 is 2.81. The summed E-state index contributed by atoms with van der Waals surface area (Å²) in [6, 6.07) is 5.67. The Morgan fingerprint density at radius 3 is 2.69 bits per heavy atom. The second kappa shape index (κ2) is 3.94. The van der Waals surface area contributed by atoms with Gasteiger partial charge in [0, 0.05) is 16.4 Å². The van der Waals surface area contributed by atoms with Crippen LogP contribution in [0.3, 0.4) is 0 Å². The lowest BCUT2D eigenvalue weighted by atomic mass is 10.2. The number of hydrogen-bond acceptors (Lipinski definition) is 1. The molecule has 0 spiro atoms. The Labute approximate surface area is 102 Å². The molecule has 0 unspecified atom stereocenters. The van der Waals surface area contributed by atoms with Crippen molar-refractivity contribution in [2.75, 3.05) is 0 Å². The Hall–Kier alpha value is -1.29. The average molecular weight is 282 g/mol. The normalized spacial score (nSPS) is 10.9. The van der Waals surface area contributed by atoms with Crippen molar-refractivity contribution in [3.05, 3.63) is 33.9 Å². The zero-order chi connectivity index (χ0) is 11.9. The van der Waals surface area contributed by atoms with E-state index in [1.807, 2.05) is 30.5 Å². The van der Waals surface area contributed by atoms with Gasteiger partial charge in [0.1, 0.15) is 5.69 Å². The van der Waals surface area contributed by atoms with Gasteiger partial charge in [0.2, 0.25) is 0 Å². The third-order valence-electron chi connectivity index (χ3n) is 2.68. The molecule has 0 amide bonds. The fourth-order valence-corrected chi connectivity index (χ4v) is 2.68. The SMILES string of the molecule is CCn1c(C(=O)O)cc2cc(Br)cc(C)c21. The van der Waals surface area contributed by atoms with Crippen LogP contribution in [0.2, 0.25) is 0 Å². The van der Waals surface area contributed by atoms with Gasteiger partial charge in [-0.15, -0.1) is 0 Å². The van der Waals surface area contributed by atoms with Crippen molar-refractivity contribution in [3.8, 4) is 0 Å². The quantitative estimate of drug-likeness (QED) is 0.916. The van der Waals surface area contributed by atoms with E-state index in [0.717, 1.165) is 20.9 Å². The van der Waals surface area contributed by atoms with Crippen LogP contribution >= 0.6 is 15.9 Å². The van der Waals surface area contributed by atoms with Crippen LogP contribution in [0, 0.1) is 6.92 Å². The summed E-state index contributed by atoms with van der Waals surface area (Å²) in [4.78, 5) is 11.1. The molecule has 0 aliphatic carbocycles. The minimum atomic E-state index is -0.881. The molecule has 0 aliphatic rings. The van der Waals surface area contributed by atoms with E-state index >= 15 is 0 Å². The molecule has 0 bridgehead atoms. The second-order valence-corrected chi connectivity index (χ2v) is 4.66. The predicted octanol–water partition coefficient (Wildman–Crippen LogP) is 3.43. The first kappa shape index (κ1) is 11.2. The highest BCUT2D eigenvalue weighted by Gasteiger charge is 2.15. The number of rotatable bonds is 2. The van der Waals surface area contributed by atoms with Crippen molar-refractivity contribution in [2.45, 2.75) is 20.4 Å². The van der Waals surface area contributed by atoms with Gasteiger partial charge >= 0.3 is 5.97 Å². The van der Waals surface area contributed by atoms with Crippen molar-refractivity contribution in [3.63, 3.8) is 0 Å². The van der Waals surface area contributed by atoms with Crippen LogP contribution < -0.4 is 0 Å². The molecule has 0 aliphatic heterocycles. The molecule has 0 saturated heterocycles. The van der Waals surface area contributed by atoms with Crippen LogP contribution in [-0.2, 0) is 6.54 Å². The summed E-state index contributed by atoms with van der Waals surface area (Å²) >= 11 is 3.42. The molecule has 1 aromatic carbocycles. The van der Waals surface area contributed by atoms with Crippen LogP contribution in [0.5, 0.6) is 0 Å². The van der Waals surface area contributed by atoms with Crippen LogP contribution in [-0.4, -0.2) is 15.6 Å². The Morgan fingerprint density at radius 2 is 2.12 bits per heavy atom. The molecule has 0 atom stereocenters. The van der Waals surface area contributed by atoms with Crippen molar-refractivity contribution in [1.82, 2.24) is 4.57 Å². The Balaban J connectivity index is 2.87. The number of aryl methyl sites for hydroxylation is 2. The highest BCUT2D eigenvalue weighted by molar-refractivity contribution is 9.10. The van der Waals surface area contributed by atoms with Gasteiger partial charge in [-0.2, -0.15) is 0 Å². The van der Waals surface area contributed by atoms with E-state index in [4.69, 9.17) is 5.11 Å². The van der Waals surface area contributed by atoms with Crippen molar-refractivity contribution in [2.24, 2.45) is 0 Å². The van der Waals surface area contributed by atoms with Crippen LogP contribution in [0.1, 0.15) is 23.0 Å². The molecular weight excluding hydrogens is 270 g/mol. The monoisotopic (exact) mass is 281 g/mol. The van der Waals surface area contributed by atoms with Crippen molar-refractivity contribution in [1.29, 1.82) is 0 Å². The first-order valence-corrected chi connectivity index (χ1v) is 5.86. The summed E-state index contributed by atoms with van der Waals surface area (Å²) in [5.74, 6) is -0.881. The molecule has 0 saturated carbocycles. The van der Waals surface area contributed by atoms with E-state index in [0.29, 0.717) is 12.2 Å². The zero-order valence-electron chi connectivity index (χ0n) is 9.12. The van der Waals surface area contributed by atoms with Crippen LogP contribution in [0.15, 0.2) is 22.7 Å². The molecule has 1 heterocycles. The molecule has 1 N–H and O–H groups in total. The maximum absolute atomic E-state index is 11.1. The molecular formula is C12H12BrNO2. The highest BCUT2D eigenvalue weighted by atomic mass is 79.9. The first-order valence-electron chi connectivity index (χ1n) is 5.07. The topological polar surface area (TPSA) is 42.2 Å². The number of carbonyl (C=O) groups is 1. The van der Waals surface area contributed by atoms with Gasteiger partial charge in [-0.3, -0.25) is 0 Å². The molecule has 84 valence electrons. The zero-order valence-corrected chi connectivity index (χ0v) is 10.7. The molecule has 0 fully saturated rings. The third kappa shape index (κ3) is 1.63. The van der Waals surface area contributed by atoms with Gasteiger partial charge < -0.3 is 9.67 Å². The number of halogens is 1. The molecule has 1 aromatic heterocycles. The van der Waals surface area contributed by atoms with E-state index in [9.17, 15) is 4.79 Å². The summed E-state index contributed by atoms with van der Waals surface area (Å²) in [6.07, 6.45) is 0. The number of nitrogens with zero attached hydrogens (tertiary/aromatic N) is 1. The largest absolute Gasteiger partial charge is 0.477 e. The van der Waals surface area contributed by atoms with E-state index in [1.54, 1.807) is 6.07 Å². The molecule has 2 rings (SSSR count). The van der Waals surface area contributed by atoms with Gasteiger partial charge in [0.15, 0.2) is 0 Å². The number of aromatic carboxylic acids is 1. The Morgan fingerprint density at radius 1 is 1.44 bits per heavy atom. The molecule has 16 heavy (non-hydrogen) atoms. The number of carboxylic acid groups (broad SMARTS) is 1. The molecule has 0 radical (unpaired) electrons. The highest BCUT2D eigenvalue weighted by Crippen LogP contribution is 2.27. The minimum absolute atomic E-state index is 0.346. The fraction of sp³-hybridized carbons (Fsp3) is 0.250. The maximum atomic E-state index is 11.1. The number of fused-ring (bicyclic) bond motifs is 1. The summed E-state index contributed by atoms with van der Waals surface area (Å²) in [5, 5.41) is 10.1. The Bertz CT molecular complexity index is 572. The molecule has 4 heteroatoms. The summed E-state index contributed by atoms with van der Waals surface area (Å²) in [5.41, 5.74) is 2.43. The van der Waals surface area contributed by atoms with Gasteiger partial charge in [0.25, 0.3) is 0 Å². The van der Waals surface area contributed by atoms with Gasteiger partial charge in [-0.05, 0) is 37.6 Å². The third-order valence-corrected chi connectivity index (χ3v) is 3.14. The van der Waals surface area contributed by atoms with Gasteiger partial charge in [0.05, 0.1) is 5.52 Å². The lowest BCUT2D eigenvalue weighted by molar-refractivity contribution is 0.0686. The van der Waals surface area contributed by atoms with E-state index in [1.165, 1.54) is 0 Å². The predicted molar refractivity (Wildman–Crippen MR) is 67.0 cm³/mol. The van der Waals surface area contributed by atoms with Crippen LogP contribution in [0.4, 0.5) is 0 Å². The summed E-state index contributed by atoms with van der Waals surface area (Å²) in [7, 11) is 0. The minimum Gasteiger partial charge on any atom is -0.477 e. The number of hydrogen-bond donors (Lipinski definition) is 1. The average Bonchev–Trinajstić information content (AvgIpc) is 2.56. The fourth-order valence-electron chi connectivity index (χ4n) is 2.09. The van der Waals surface area contributed by atoms with Crippen LogP contribution in [0.25, 0.3) is 10.9 Å². The molecule has 3 nitrogen and oxygen atoms in total. The number of carboxylic acids is 1. The van der Waals surface area contributed by atoms with E-state index in [-0.39, 0.29) is 0 Å². The number of benzene rings is 1. The van der Waals surface area contributed by atoms with Crippen molar-refractivity contribution < 1.29 is 9.90 Å². The number of aromatic nitrogens is 1. The van der Waals surface area contributed by atoms with Gasteiger partial charge in [-0.1, -0.05) is 15.9 Å². The maximum Gasteiger partial charge on any atom is 0.352 e. The Kier molecular flexibility index (Phi) is 2.76. The lowest BCUT2D eigenvalue weighted by Gasteiger charge is -2.06. The smallest absolute Gasteiger partial charge is 0.352 e. The standard InChI is InChI=1S/C12H12BrNO2/c1-3-14-10(12(15)16)6-8-5-9(13)4-7(2)11(8)14/h4-6H,3H2,1-2H3,(H,15,16). The summed E-state index contributed by atoms with van der Waals surface area (Å²) in [6.45, 7) is 4.60. The lowest BCUT2D eigenvalue weighted by Crippen LogP contribution is -2.07. The first-order chi connectivity index (χ1) is 7.54. The van der Waals surface area contributed by atoms with E-state index < -0.39 is 5.97 Å². The second-order valence-electron chi connectivity index (χ2n) is 3.74.